The predicted molar refractivity (Wildman–Crippen MR) is 108 cm³/mol. The van der Waals surface area contributed by atoms with Crippen molar-refractivity contribution in [1.82, 2.24) is 9.80 Å². The first-order valence-corrected chi connectivity index (χ1v) is 11.2. The molecule has 26 heavy (non-hydrogen) atoms. The molecule has 0 radical (unpaired) electrons. The number of hydrogen-bond acceptors (Lipinski definition) is 4. The molecule has 1 spiro atoms. The second-order valence-corrected chi connectivity index (χ2v) is 8.71. The highest BCUT2D eigenvalue weighted by molar-refractivity contribution is 7.99. The number of carbonyl (C=O) groups is 1. The maximum Gasteiger partial charge on any atom is 0.232 e. The molecule has 1 aromatic carbocycles. The first-order valence-electron chi connectivity index (χ1n) is 9.81. The Morgan fingerprint density at radius 3 is 2.54 bits per heavy atom. The number of benzene rings is 1. The van der Waals surface area contributed by atoms with E-state index in [0.717, 1.165) is 58.4 Å². The summed E-state index contributed by atoms with van der Waals surface area (Å²) in [5.74, 6) is 1.02. The number of nitrogens with zero attached hydrogens (tertiary/aromatic N) is 2. The van der Waals surface area contributed by atoms with E-state index in [1.54, 1.807) is 11.8 Å². The normalized spacial score (nSPS) is 23.3. The highest BCUT2D eigenvalue weighted by Crippen LogP contribution is 2.45. The molecule has 0 aromatic heterocycles. The van der Waals surface area contributed by atoms with Crippen LogP contribution < -0.4 is 0 Å². The van der Waals surface area contributed by atoms with Crippen LogP contribution in [-0.2, 0) is 11.2 Å². The van der Waals surface area contributed by atoms with Gasteiger partial charge in [-0.05, 0) is 56.0 Å². The average molecular weight is 377 g/mol. The Labute approximate surface area is 161 Å². The fraction of sp³-hybridized carbons (Fsp3) is 0.667. The molecule has 1 amide bonds. The zero-order chi connectivity index (χ0) is 18.4. The van der Waals surface area contributed by atoms with Crippen molar-refractivity contribution in [3.63, 3.8) is 0 Å². The molecule has 2 fully saturated rings. The van der Waals surface area contributed by atoms with Crippen molar-refractivity contribution in [3.8, 4) is 0 Å². The lowest BCUT2D eigenvalue weighted by Crippen LogP contribution is -2.55. The van der Waals surface area contributed by atoms with Crippen LogP contribution in [0.1, 0.15) is 24.8 Å². The van der Waals surface area contributed by atoms with Gasteiger partial charge in [0, 0.05) is 32.2 Å². The maximum absolute atomic E-state index is 12.2. The number of piperidine rings is 2. The predicted octanol–water partition coefficient (Wildman–Crippen LogP) is 2.52. The van der Waals surface area contributed by atoms with Crippen molar-refractivity contribution >= 4 is 17.7 Å². The van der Waals surface area contributed by atoms with Gasteiger partial charge in [-0.2, -0.15) is 11.8 Å². The number of aliphatic hydroxyl groups excluding tert-OH is 1. The van der Waals surface area contributed by atoms with E-state index < -0.39 is 0 Å². The van der Waals surface area contributed by atoms with Crippen LogP contribution in [0.5, 0.6) is 0 Å². The minimum atomic E-state index is 0.201. The van der Waals surface area contributed by atoms with E-state index in [0.29, 0.717) is 5.75 Å². The van der Waals surface area contributed by atoms with Gasteiger partial charge in [-0.25, -0.2) is 0 Å². The lowest BCUT2D eigenvalue weighted by Gasteiger charge is -2.51. The van der Waals surface area contributed by atoms with Crippen molar-refractivity contribution in [3.05, 3.63) is 35.9 Å². The molecular weight excluding hydrogens is 344 g/mol. The van der Waals surface area contributed by atoms with Crippen molar-refractivity contribution in [2.75, 3.05) is 51.3 Å². The number of thioether (sulfide) groups is 1. The van der Waals surface area contributed by atoms with Crippen LogP contribution in [0.25, 0.3) is 0 Å². The molecule has 1 N–H and O–H groups in total. The summed E-state index contributed by atoms with van der Waals surface area (Å²) in [5.41, 5.74) is 1.63. The van der Waals surface area contributed by atoms with Crippen molar-refractivity contribution < 1.29 is 9.90 Å². The molecule has 2 saturated heterocycles. The second kappa shape index (κ2) is 9.25. The topological polar surface area (TPSA) is 43.8 Å². The van der Waals surface area contributed by atoms with E-state index >= 15 is 0 Å². The Hall–Kier alpha value is -1.04. The van der Waals surface area contributed by atoms with Gasteiger partial charge in [0.05, 0.1) is 5.75 Å². The van der Waals surface area contributed by atoms with Crippen molar-refractivity contribution in [2.45, 2.75) is 25.7 Å². The Balaban J connectivity index is 1.51. The SMILES string of the molecule is CSCC(=O)N1CCC2(CCN(CCc3ccccc3)CC2)[C@H](CO)C1. The first-order chi connectivity index (χ1) is 12.7. The molecule has 4 nitrogen and oxygen atoms in total. The van der Waals surface area contributed by atoms with Gasteiger partial charge in [-0.3, -0.25) is 4.79 Å². The van der Waals surface area contributed by atoms with Crippen LogP contribution in [0.3, 0.4) is 0 Å². The van der Waals surface area contributed by atoms with Crippen molar-refractivity contribution in [2.24, 2.45) is 11.3 Å². The Morgan fingerprint density at radius 1 is 1.19 bits per heavy atom. The van der Waals surface area contributed by atoms with E-state index in [-0.39, 0.29) is 23.8 Å². The Kier molecular flexibility index (Phi) is 7.01. The minimum Gasteiger partial charge on any atom is -0.396 e. The molecule has 144 valence electrons. The highest BCUT2D eigenvalue weighted by atomic mass is 32.2. The van der Waals surface area contributed by atoms with Gasteiger partial charge in [-0.15, -0.1) is 0 Å². The van der Waals surface area contributed by atoms with E-state index in [1.807, 2.05) is 11.2 Å². The van der Waals surface area contributed by atoms with Crippen LogP contribution in [0.4, 0.5) is 0 Å². The van der Waals surface area contributed by atoms with Crippen LogP contribution in [-0.4, -0.2) is 72.2 Å². The first kappa shape index (κ1) is 19.7. The van der Waals surface area contributed by atoms with Crippen LogP contribution in [0.2, 0.25) is 0 Å². The van der Waals surface area contributed by atoms with E-state index in [4.69, 9.17) is 0 Å². The summed E-state index contributed by atoms with van der Waals surface area (Å²) in [6.45, 7) is 5.14. The van der Waals surface area contributed by atoms with Gasteiger partial charge in [0.15, 0.2) is 0 Å². The fourth-order valence-electron chi connectivity index (χ4n) is 4.62. The third-order valence-corrected chi connectivity index (χ3v) is 6.97. The largest absolute Gasteiger partial charge is 0.396 e. The monoisotopic (exact) mass is 376 g/mol. The third kappa shape index (κ3) is 4.62. The van der Waals surface area contributed by atoms with E-state index in [9.17, 15) is 9.90 Å². The molecule has 3 rings (SSSR count). The molecule has 0 aliphatic carbocycles. The smallest absolute Gasteiger partial charge is 0.232 e. The summed E-state index contributed by atoms with van der Waals surface area (Å²) in [5, 5.41) is 10.00. The Morgan fingerprint density at radius 2 is 1.88 bits per heavy atom. The number of aliphatic hydroxyl groups is 1. The summed E-state index contributed by atoms with van der Waals surface area (Å²) in [7, 11) is 0. The standard InChI is InChI=1S/C21H32N2O2S/c1-26-17-20(25)23-14-10-21(19(15-23)16-24)8-12-22(13-9-21)11-7-18-5-3-2-4-6-18/h2-6,19,24H,7-17H2,1H3/t19-/m0/s1. The summed E-state index contributed by atoms with van der Waals surface area (Å²) in [4.78, 5) is 16.8. The van der Waals surface area contributed by atoms with Gasteiger partial charge in [-0.1, -0.05) is 30.3 Å². The number of carbonyl (C=O) groups excluding carboxylic acids is 1. The molecule has 0 saturated carbocycles. The van der Waals surface area contributed by atoms with Crippen LogP contribution in [0.15, 0.2) is 30.3 Å². The van der Waals surface area contributed by atoms with Crippen LogP contribution >= 0.6 is 11.8 Å². The second-order valence-electron chi connectivity index (χ2n) is 7.84. The summed E-state index contributed by atoms with van der Waals surface area (Å²) in [6.07, 6.45) is 6.42. The molecule has 1 aromatic rings. The number of likely N-dealkylation sites (tertiary alicyclic amines) is 2. The average Bonchev–Trinajstić information content (AvgIpc) is 2.69. The van der Waals surface area contributed by atoms with Gasteiger partial charge in [0.1, 0.15) is 0 Å². The zero-order valence-corrected chi connectivity index (χ0v) is 16.7. The van der Waals surface area contributed by atoms with Gasteiger partial charge >= 0.3 is 0 Å². The molecule has 2 heterocycles. The number of rotatable bonds is 6. The molecule has 0 unspecified atom stereocenters. The summed E-state index contributed by atoms with van der Waals surface area (Å²) >= 11 is 1.58. The van der Waals surface area contributed by atoms with Gasteiger partial charge < -0.3 is 14.9 Å². The van der Waals surface area contributed by atoms with Gasteiger partial charge in [0.25, 0.3) is 0 Å². The zero-order valence-electron chi connectivity index (χ0n) is 15.9. The van der Waals surface area contributed by atoms with E-state index in [1.165, 1.54) is 5.56 Å². The lowest BCUT2D eigenvalue weighted by atomic mass is 9.64. The van der Waals surface area contributed by atoms with Gasteiger partial charge in [0.2, 0.25) is 5.91 Å². The molecule has 2 aliphatic rings. The fourth-order valence-corrected chi connectivity index (χ4v) is 5.05. The molecular formula is C21H32N2O2S. The highest BCUT2D eigenvalue weighted by Gasteiger charge is 2.45. The molecule has 0 bridgehead atoms. The minimum absolute atomic E-state index is 0.201. The molecule has 1 atom stereocenters. The number of hydrogen-bond donors (Lipinski definition) is 1. The van der Waals surface area contributed by atoms with Crippen molar-refractivity contribution in [1.29, 1.82) is 0 Å². The summed E-state index contributed by atoms with van der Waals surface area (Å²) < 4.78 is 0. The lowest BCUT2D eigenvalue weighted by molar-refractivity contribution is -0.135. The van der Waals surface area contributed by atoms with Crippen LogP contribution in [0, 0.1) is 11.3 Å². The molecule has 2 aliphatic heterocycles. The summed E-state index contributed by atoms with van der Waals surface area (Å²) in [6, 6.07) is 10.7. The quantitative estimate of drug-likeness (QED) is 0.829. The maximum atomic E-state index is 12.2. The Bertz CT molecular complexity index is 573. The molecule has 5 heteroatoms. The number of amides is 1. The van der Waals surface area contributed by atoms with E-state index in [2.05, 4.69) is 35.2 Å². The third-order valence-electron chi connectivity index (χ3n) is 6.44.